The third-order valence-electron chi connectivity index (χ3n) is 7.29. The monoisotopic (exact) mass is 528 g/mol. The lowest BCUT2D eigenvalue weighted by atomic mass is 9.72. The Balaban J connectivity index is 1.89. The zero-order valence-corrected chi connectivity index (χ0v) is 22.7. The second-order valence-corrected chi connectivity index (χ2v) is 12.9. The van der Waals surface area contributed by atoms with Gasteiger partial charge in [-0.3, -0.25) is 4.79 Å². The number of hydrogen-bond acceptors (Lipinski definition) is 5. The minimum absolute atomic E-state index is 0.0317. The predicted molar refractivity (Wildman–Crippen MR) is 143 cm³/mol. The summed E-state index contributed by atoms with van der Waals surface area (Å²) < 4.78 is 49.9. The van der Waals surface area contributed by atoms with Gasteiger partial charge < -0.3 is 10.5 Å². The van der Waals surface area contributed by atoms with E-state index >= 15 is 0 Å². The average Bonchev–Trinajstić information content (AvgIpc) is 3.01. The normalized spacial score (nSPS) is 20.2. The second-order valence-electron chi connectivity index (χ2n) is 11.1. The van der Waals surface area contributed by atoms with Crippen molar-refractivity contribution in [3.63, 3.8) is 0 Å². The highest BCUT2D eigenvalue weighted by Gasteiger charge is 2.56. The molecular weight excluding hydrogens is 491 g/mol. The number of hydrogen-bond donors (Lipinski definition) is 1. The Hall–Kier alpha value is -2.55. The van der Waals surface area contributed by atoms with Gasteiger partial charge in [0.05, 0.1) is 16.4 Å². The number of rotatable bonds is 7. The number of ether oxygens (including phenoxy) is 1. The number of carbonyl (C=O) groups is 1. The minimum Gasteiger partial charge on any atom is -0.460 e. The van der Waals surface area contributed by atoms with Crippen molar-refractivity contribution in [1.29, 1.82) is 0 Å². The number of halogens is 1. The first-order valence-electron chi connectivity index (χ1n) is 13.0. The van der Waals surface area contributed by atoms with Crippen molar-refractivity contribution >= 4 is 20.9 Å². The van der Waals surface area contributed by atoms with Crippen LogP contribution in [0.5, 0.6) is 0 Å². The quantitative estimate of drug-likeness (QED) is 0.487. The summed E-state index contributed by atoms with van der Waals surface area (Å²) in [6.07, 6.45) is 4.26. The summed E-state index contributed by atoms with van der Waals surface area (Å²) in [5.41, 5.74) is 6.62. The van der Waals surface area contributed by atoms with Crippen LogP contribution in [0, 0.1) is 11.7 Å². The topological polar surface area (TPSA) is 89.7 Å². The van der Waals surface area contributed by atoms with Crippen LogP contribution in [0.1, 0.15) is 70.4 Å². The zero-order chi connectivity index (χ0) is 26.8. The van der Waals surface area contributed by atoms with Gasteiger partial charge in [-0.15, -0.1) is 0 Å². The van der Waals surface area contributed by atoms with Crippen LogP contribution in [-0.2, 0) is 26.1 Å². The van der Waals surface area contributed by atoms with Crippen LogP contribution in [0.15, 0.2) is 60.2 Å². The van der Waals surface area contributed by atoms with Gasteiger partial charge in [-0.25, -0.2) is 12.8 Å². The Kier molecular flexibility index (Phi) is 7.93. The molecule has 8 heteroatoms. The molecule has 1 unspecified atom stereocenters. The molecule has 2 aliphatic rings. The molecule has 2 N–H and O–H groups in total. The first-order valence-corrected chi connectivity index (χ1v) is 14.4. The van der Waals surface area contributed by atoms with Gasteiger partial charge in [0.25, 0.3) is 0 Å². The number of nitrogens with zero attached hydrogens (tertiary/aromatic N) is 1. The molecule has 1 aliphatic heterocycles. The zero-order valence-electron chi connectivity index (χ0n) is 21.9. The maximum absolute atomic E-state index is 14.4. The lowest BCUT2D eigenvalue weighted by Crippen LogP contribution is -2.49. The van der Waals surface area contributed by atoms with Crippen molar-refractivity contribution in [3.8, 4) is 0 Å². The molecule has 4 rings (SSSR count). The minimum atomic E-state index is -3.97. The van der Waals surface area contributed by atoms with Gasteiger partial charge in [0, 0.05) is 13.1 Å². The highest BCUT2D eigenvalue weighted by atomic mass is 32.2. The molecule has 2 aromatic rings. The van der Waals surface area contributed by atoms with Crippen LogP contribution >= 0.6 is 0 Å². The summed E-state index contributed by atoms with van der Waals surface area (Å²) in [5.74, 6) is -1.58. The fourth-order valence-electron chi connectivity index (χ4n) is 5.63. The molecular formula is C29H37FN2O4S. The highest BCUT2D eigenvalue weighted by Crippen LogP contribution is 2.54. The van der Waals surface area contributed by atoms with Crippen LogP contribution in [0.3, 0.4) is 0 Å². The molecule has 37 heavy (non-hydrogen) atoms. The Morgan fingerprint density at radius 1 is 1.05 bits per heavy atom. The molecule has 1 saturated carbocycles. The van der Waals surface area contributed by atoms with E-state index in [2.05, 4.69) is 0 Å². The summed E-state index contributed by atoms with van der Waals surface area (Å²) in [6, 6.07) is 15.1. The number of sulfonamides is 1. The van der Waals surface area contributed by atoms with E-state index in [-0.39, 0.29) is 24.4 Å². The maximum atomic E-state index is 14.4. The van der Waals surface area contributed by atoms with Crippen molar-refractivity contribution in [2.24, 2.45) is 11.7 Å². The number of benzene rings is 2. The third-order valence-corrected chi connectivity index (χ3v) is 9.35. The van der Waals surface area contributed by atoms with Gasteiger partial charge in [0.2, 0.25) is 10.0 Å². The van der Waals surface area contributed by atoms with Gasteiger partial charge in [-0.1, -0.05) is 61.7 Å². The fraction of sp³-hybridized carbons (Fsp3) is 0.483. The molecule has 2 aromatic carbocycles. The molecule has 0 bridgehead atoms. The number of esters is 1. The van der Waals surface area contributed by atoms with E-state index < -0.39 is 38.9 Å². The van der Waals surface area contributed by atoms with Crippen LogP contribution in [0.2, 0.25) is 0 Å². The molecule has 1 fully saturated rings. The first kappa shape index (κ1) is 27.5. The van der Waals surface area contributed by atoms with E-state index in [9.17, 15) is 17.6 Å². The third kappa shape index (κ3) is 5.66. The van der Waals surface area contributed by atoms with Crippen LogP contribution < -0.4 is 5.73 Å². The Labute approximate surface area is 219 Å². The molecule has 1 atom stereocenters. The van der Waals surface area contributed by atoms with Crippen molar-refractivity contribution in [2.75, 3.05) is 6.54 Å². The molecule has 1 heterocycles. The van der Waals surface area contributed by atoms with Crippen LogP contribution in [-0.4, -0.2) is 36.4 Å². The van der Waals surface area contributed by atoms with Gasteiger partial charge >= 0.3 is 5.97 Å². The van der Waals surface area contributed by atoms with Crippen molar-refractivity contribution in [1.82, 2.24) is 4.31 Å². The molecule has 200 valence electrons. The van der Waals surface area contributed by atoms with E-state index in [4.69, 9.17) is 10.5 Å². The van der Waals surface area contributed by atoms with E-state index in [1.54, 1.807) is 25.1 Å². The maximum Gasteiger partial charge on any atom is 0.311 e. The molecule has 0 radical (unpaired) electrons. The van der Waals surface area contributed by atoms with Gasteiger partial charge in [-0.05, 0) is 68.9 Å². The molecule has 0 saturated heterocycles. The standard InChI is InChI=1S/C29H37FN2O4S/c1-28(2,3)36-27(33)23(19-31)18-25-26(22-12-14-24(30)15-13-22)37(34,35)32(20-21-10-6-4-7-11-21)29(25)16-8-5-9-17-29/h4,6-7,10-15,23H,5,8-9,16-20,31H2,1-3H3. The average molecular weight is 529 g/mol. The highest BCUT2D eigenvalue weighted by molar-refractivity contribution is 7.98. The van der Waals surface area contributed by atoms with E-state index in [1.165, 1.54) is 24.3 Å². The largest absolute Gasteiger partial charge is 0.460 e. The SMILES string of the molecule is CC(C)(C)OC(=O)C(CN)CC1=C(c2ccc(F)cc2)S(=O)(=O)N(Cc2ccccc2)C12CCCCC2. The van der Waals surface area contributed by atoms with Crippen LogP contribution in [0.25, 0.3) is 4.91 Å². The molecule has 1 spiro atoms. The number of nitrogens with two attached hydrogens (primary N) is 1. The fourth-order valence-corrected chi connectivity index (χ4v) is 7.94. The van der Waals surface area contributed by atoms with Gasteiger partial charge in [0.15, 0.2) is 0 Å². The predicted octanol–water partition coefficient (Wildman–Crippen LogP) is 5.39. The molecule has 6 nitrogen and oxygen atoms in total. The van der Waals surface area contributed by atoms with Gasteiger partial charge in [-0.2, -0.15) is 4.31 Å². The van der Waals surface area contributed by atoms with E-state index in [0.717, 1.165) is 24.8 Å². The summed E-state index contributed by atoms with van der Waals surface area (Å²) >= 11 is 0. The first-order chi connectivity index (χ1) is 17.5. The van der Waals surface area contributed by atoms with Crippen LogP contribution in [0.4, 0.5) is 4.39 Å². The second kappa shape index (κ2) is 10.7. The lowest BCUT2D eigenvalue weighted by molar-refractivity contribution is -0.159. The van der Waals surface area contributed by atoms with Crippen molar-refractivity contribution in [2.45, 2.75) is 77.0 Å². The Bertz CT molecular complexity index is 1250. The van der Waals surface area contributed by atoms with Gasteiger partial charge in [0.1, 0.15) is 11.4 Å². The van der Waals surface area contributed by atoms with Crippen molar-refractivity contribution in [3.05, 3.63) is 77.1 Å². The number of carbonyl (C=O) groups excluding carboxylic acids is 1. The van der Waals surface area contributed by atoms with E-state index in [0.29, 0.717) is 24.0 Å². The lowest BCUT2D eigenvalue weighted by Gasteiger charge is -2.43. The summed E-state index contributed by atoms with van der Waals surface area (Å²) in [7, 11) is -3.97. The summed E-state index contributed by atoms with van der Waals surface area (Å²) in [4.78, 5) is 13.3. The Morgan fingerprint density at radius 2 is 1.68 bits per heavy atom. The molecule has 0 aromatic heterocycles. The smallest absolute Gasteiger partial charge is 0.311 e. The molecule has 1 aliphatic carbocycles. The van der Waals surface area contributed by atoms with E-state index in [1.807, 2.05) is 30.3 Å². The summed E-state index contributed by atoms with van der Waals surface area (Å²) in [6.45, 7) is 5.64. The van der Waals surface area contributed by atoms with Crippen molar-refractivity contribution < 1.29 is 22.3 Å². The Morgan fingerprint density at radius 3 is 2.24 bits per heavy atom. The molecule has 0 amide bonds. The summed E-state index contributed by atoms with van der Waals surface area (Å²) in [5, 5.41) is 0.